The van der Waals surface area contributed by atoms with Crippen LogP contribution in [0.1, 0.15) is 34.3 Å². The van der Waals surface area contributed by atoms with Gasteiger partial charge in [-0.15, -0.1) is 0 Å². The van der Waals surface area contributed by atoms with Crippen molar-refractivity contribution in [2.24, 2.45) is 0 Å². The van der Waals surface area contributed by atoms with Crippen molar-refractivity contribution in [2.75, 3.05) is 61.8 Å². The van der Waals surface area contributed by atoms with Crippen LogP contribution in [0.15, 0.2) is 69.6 Å². The fourth-order valence-electron chi connectivity index (χ4n) is 6.77. The molecule has 6 rings (SSSR count). The Kier molecular flexibility index (Phi) is 10.6. The maximum absolute atomic E-state index is 14.1. The zero-order valence-electron chi connectivity index (χ0n) is 26.9. The lowest BCUT2D eigenvalue weighted by Gasteiger charge is -2.39. The zero-order valence-corrected chi connectivity index (χ0v) is 30.1. The van der Waals surface area contributed by atoms with Crippen LogP contribution in [0.25, 0.3) is 0 Å². The number of aromatic carboxylic acids is 1. The third-order valence-electron chi connectivity index (χ3n) is 9.58. The van der Waals surface area contributed by atoms with Crippen molar-refractivity contribution in [3.8, 4) is 0 Å². The Hall–Kier alpha value is -4.30. The van der Waals surface area contributed by atoms with E-state index in [0.29, 0.717) is 73.3 Å². The molecule has 0 radical (unpaired) electrons. The first kappa shape index (κ1) is 34.6. The van der Waals surface area contributed by atoms with Crippen LogP contribution in [0.5, 0.6) is 0 Å². The van der Waals surface area contributed by atoms with E-state index in [0.717, 1.165) is 28.9 Å². The SMILES string of the molecule is Nc1c(Br)cc(C[C@H](NC(=O)N2CCC(N3CCc4ccccc4NC3=O)CC2)C(=O)N2CCN(c3ccc(C(=O)O)cc3)CC2)cc1Br. The Balaban J connectivity index is 1.10. The first-order valence-corrected chi connectivity index (χ1v) is 18.0. The van der Waals surface area contributed by atoms with Gasteiger partial charge in [0.15, 0.2) is 0 Å². The van der Waals surface area contributed by atoms with Gasteiger partial charge in [0, 0.05) is 78.6 Å². The van der Waals surface area contributed by atoms with E-state index < -0.39 is 12.0 Å². The molecule has 2 saturated heterocycles. The molecule has 3 aliphatic heterocycles. The highest BCUT2D eigenvalue weighted by Crippen LogP contribution is 2.31. The van der Waals surface area contributed by atoms with Crippen molar-refractivity contribution >= 4 is 72.9 Å². The second-order valence-corrected chi connectivity index (χ2v) is 14.3. The Morgan fingerprint density at radius 3 is 2.20 bits per heavy atom. The van der Waals surface area contributed by atoms with Gasteiger partial charge in [0.1, 0.15) is 6.04 Å². The molecule has 0 spiro atoms. The molecular formula is C35H39Br2N7O5. The summed E-state index contributed by atoms with van der Waals surface area (Å²) in [5.74, 6) is -1.15. The molecule has 0 aliphatic carbocycles. The predicted octanol–water partition coefficient (Wildman–Crippen LogP) is 5.02. The van der Waals surface area contributed by atoms with Crippen molar-refractivity contribution < 1.29 is 24.3 Å². The van der Waals surface area contributed by atoms with E-state index in [1.54, 1.807) is 34.1 Å². The number of piperidine rings is 1. The quantitative estimate of drug-likeness (QED) is 0.246. The van der Waals surface area contributed by atoms with Gasteiger partial charge in [0.2, 0.25) is 5.91 Å². The number of piperazine rings is 1. The number of hydrogen-bond acceptors (Lipinski definition) is 6. The Morgan fingerprint density at radius 1 is 0.898 bits per heavy atom. The maximum atomic E-state index is 14.1. The minimum atomic E-state index is -0.976. The highest BCUT2D eigenvalue weighted by molar-refractivity contribution is 9.11. The predicted molar refractivity (Wildman–Crippen MR) is 195 cm³/mol. The second kappa shape index (κ2) is 15.1. The highest BCUT2D eigenvalue weighted by atomic mass is 79.9. The number of nitrogens with one attached hydrogen (secondary N) is 2. The maximum Gasteiger partial charge on any atom is 0.335 e. The van der Waals surface area contributed by atoms with Crippen molar-refractivity contribution in [1.82, 2.24) is 20.0 Å². The van der Waals surface area contributed by atoms with E-state index in [1.807, 2.05) is 41.3 Å². The largest absolute Gasteiger partial charge is 0.478 e. The number of halogens is 2. The molecule has 0 unspecified atom stereocenters. The number of fused-ring (bicyclic) bond motifs is 1. The van der Waals surface area contributed by atoms with E-state index in [9.17, 15) is 24.3 Å². The molecule has 49 heavy (non-hydrogen) atoms. The van der Waals surface area contributed by atoms with Crippen LogP contribution in [0.2, 0.25) is 0 Å². The Labute approximate surface area is 301 Å². The average molecular weight is 798 g/mol. The van der Waals surface area contributed by atoms with Crippen molar-refractivity contribution in [2.45, 2.75) is 37.8 Å². The van der Waals surface area contributed by atoms with Gasteiger partial charge in [-0.05, 0) is 105 Å². The standard InChI is InChI=1S/C35H39Br2N7O5/c36-27-19-22(20-28(37)31(27)38)21-30(32(45)42-17-15-41(16-18-42)25-7-5-24(6-8-25)33(46)47)40-34(48)43-12-10-26(11-13-43)44-14-9-23-3-1-2-4-29(23)39-35(44)49/h1-8,19-20,26,30H,9-18,21,38H2,(H,39,49)(H,40,48)(H,46,47)/t30-/m0/s1. The normalized spacial score (nSPS) is 17.6. The van der Waals surface area contributed by atoms with E-state index >= 15 is 0 Å². The first-order chi connectivity index (χ1) is 23.6. The van der Waals surface area contributed by atoms with Gasteiger partial charge in [-0.25, -0.2) is 14.4 Å². The van der Waals surface area contributed by atoms with Crippen LogP contribution in [0.4, 0.5) is 26.7 Å². The number of hydrogen-bond donors (Lipinski definition) is 4. The fourth-order valence-corrected chi connectivity index (χ4v) is 8.05. The lowest BCUT2D eigenvalue weighted by molar-refractivity contribution is -0.133. The van der Waals surface area contributed by atoms with Gasteiger partial charge in [0.25, 0.3) is 0 Å². The zero-order chi connectivity index (χ0) is 34.7. The number of carboxylic acids is 1. The molecule has 0 saturated carbocycles. The summed E-state index contributed by atoms with van der Waals surface area (Å²) in [5.41, 5.74) is 10.6. The Morgan fingerprint density at radius 2 is 1.55 bits per heavy atom. The van der Waals surface area contributed by atoms with E-state index in [1.165, 1.54) is 0 Å². The van der Waals surface area contributed by atoms with E-state index in [-0.39, 0.29) is 36.0 Å². The van der Waals surface area contributed by atoms with Gasteiger partial charge in [-0.3, -0.25) is 4.79 Å². The topological polar surface area (TPSA) is 152 Å². The molecule has 1 atom stereocenters. The summed E-state index contributed by atoms with van der Waals surface area (Å²) in [6.45, 7) is 3.59. The number of nitrogen functional groups attached to an aromatic ring is 1. The number of amides is 5. The fraction of sp³-hybridized carbons (Fsp3) is 0.371. The molecule has 14 heteroatoms. The molecule has 3 aromatic rings. The number of anilines is 3. The number of urea groups is 2. The molecule has 3 heterocycles. The minimum Gasteiger partial charge on any atom is -0.478 e. The molecule has 3 aromatic carbocycles. The van der Waals surface area contributed by atoms with Gasteiger partial charge in [0.05, 0.1) is 11.3 Å². The number of carbonyl (C=O) groups is 4. The van der Waals surface area contributed by atoms with Gasteiger partial charge >= 0.3 is 18.0 Å². The summed E-state index contributed by atoms with van der Waals surface area (Å²) in [5, 5.41) is 15.3. The molecule has 3 aliphatic rings. The molecule has 0 aromatic heterocycles. The lowest BCUT2D eigenvalue weighted by Crippen LogP contribution is -2.58. The third kappa shape index (κ3) is 7.96. The molecule has 5 N–H and O–H groups in total. The van der Waals surface area contributed by atoms with Gasteiger partial charge in [-0.2, -0.15) is 0 Å². The minimum absolute atomic E-state index is 0.0110. The summed E-state index contributed by atoms with van der Waals surface area (Å²) >= 11 is 6.99. The van der Waals surface area contributed by atoms with Gasteiger partial charge in [-0.1, -0.05) is 18.2 Å². The molecular weight excluding hydrogens is 758 g/mol. The van der Waals surface area contributed by atoms with Crippen LogP contribution < -0.4 is 21.3 Å². The number of rotatable bonds is 7. The summed E-state index contributed by atoms with van der Waals surface area (Å²) in [7, 11) is 0. The number of nitrogens with zero attached hydrogens (tertiary/aromatic N) is 4. The number of benzene rings is 3. The smallest absolute Gasteiger partial charge is 0.335 e. The van der Waals surface area contributed by atoms with Crippen molar-refractivity contribution in [3.63, 3.8) is 0 Å². The van der Waals surface area contributed by atoms with Crippen LogP contribution in [-0.4, -0.2) is 102 Å². The van der Waals surface area contributed by atoms with E-state index in [2.05, 4.69) is 47.4 Å². The monoisotopic (exact) mass is 795 g/mol. The number of likely N-dealkylation sites (tertiary alicyclic amines) is 1. The van der Waals surface area contributed by atoms with Crippen LogP contribution in [0, 0.1) is 0 Å². The van der Waals surface area contributed by atoms with Crippen molar-refractivity contribution in [3.05, 3.63) is 86.3 Å². The summed E-state index contributed by atoms with van der Waals surface area (Å²) in [6.07, 6.45) is 2.32. The van der Waals surface area contributed by atoms with E-state index in [4.69, 9.17) is 5.73 Å². The number of carboxylic acid groups (broad SMARTS) is 1. The second-order valence-electron chi connectivity index (χ2n) is 12.6. The van der Waals surface area contributed by atoms with Crippen LogP contribution >= 0.6 is 31.9 Å². The number of para-hydroxylation sites is 1. The summed E-state index contributed by atoms with van der Waals surface area (Å²) in [4.78, 5) is 59.6. The summed E-state index contributed by atoms with van der Waals surface area (Å²) < 4.78 is 1.39. The summed E-state index contributed by atoms with van der Waals surface area (Å²) in [6, 6.07) is 17.1. The Bertz CT molecular complexity index is 1700. The third-order valence-corrected chi connectivity index (χ3v) is 10.9. The van der Waals surface area contributed by atoms with Gasteiger partial charge < -0.3 is 41.1 Å². The highest BCUT2D eigenvalue weighted by Gasteiger charge is 2.34. The molecule has 5 amide bonds. The first-order valence-electron chi connectivity index (χ1n) is 16.4. The number of carbonyl (C=O) groups excluding carboxylic acids is 3. The van der Waals surface area contributed by atoms with Crippen LogP contribution in [0.3, 0.4) is 0 Å². The molecule has 0 bridgehead atoms. The molecule has 2 fully saturated rings. The molecule has 12 nitrogen and oxygen atoms in total. The lowest BCUT2D eigenvalue weighted by atomic mass is 10.0. The number of nitrogens with two attached hydrogens (primary N) is 1. The van der Waals surface area contributed by atoms with Crippen molar-refractivity contribution in [1.29, 1.82) is 0 Å². The van der Waals surface area contributed by atoms with Crippen LogP contribution in [-0.2, 0) is 17.6 Å². The average Bonchev–Trinajstić information content (AvgIpc) is 3.28. The molecule has 258 valence electrons.